The molecule has 0 atom stereocenters. The van der Waals surface area contributed by atoms with Crippen LogP contribution in [0.3, 0.4) is 0 Å². The quantitative estimate of drug-likeness (QED) is 0.132. The van der Waals surface area contributed by atoms with Gasteiger partial charge in [-0.3, -0.25) is 0 Å². The molecule has 0 amide bonds. The molecule has 4 aromatic carbocycles. The molecule has 5 heteroatoms. The number of hydrogen-bond donors (Lipinski definition) is 0. The van der Waals surface area contributed by atoms with Gasteiger partial charge in [0.15, 0.2) is 0 Å². The predicted octanol–water partition coefficient (Wildman–Crippen LogP) is 9.68. The molecule has 0 aliphatic rings. The maximum atomic E-state index is 7.70. The summed E-state index contributed by atoms with van der Waals surface area (Å²) in [6.07, 6.45) is 1.82. The summed E-state index contributed by atoms with van der Waals surface area (Å²) < 4.78 is 32.6. The molecule has 7 aromatic rings. The number of aromatic nitrogens is 2. The van der Waals surface area contributed by atoms with E-state index in [0.717, 1.165) is 11.3 Å². The molecular weight excluding hydrogens is 725 g/mol. The molecule has 0 fully saturated rings. The minimum atomic E-state index is -1.52. The molecule has 0 aliphatic heterocycles. The van der Waals surface area contributed by atoms with Gasteiger partial charge in [0.25, 0.3) is 0 Å². The third-order valence-corrected chi connectivity index (χ3v) is 9.96. The van der Waals surface area contributed by atoms with Crippen LogP contribution in [0, 0.1) is 12.1 Å². The second-order valence-electron chi connectivity index (χ2n) is 10.7. The van der Waals surface area contributed by atoms with Crippen molar-refractivity contribution in [3.63, 3.8) is 0 Å². The number of pyridine rings is 2. The van der Waals surface area contributed by atoms with Crippen LogP contribution in [-0.2, 0) is 20.1 Å². The molecule has 209 valence electrons. The van der Waals surface area contributed by atoms with E-state index in [0.29, 0.717) is 5.56 Å². The summed E-state index contributed by atoms with van der Waals surface area (Å²) in [5, 5.41) is 4.00. The van der Waals surface area contributed by atoms with Crippen LogP contribution in [-0.4, -0.2) is 18.0 Å². The Bertz CT molecular complexity index is 2150. The predicted molar refractivity (Wildman–Crippen MR) is 178 cm³/mol. The molecule has 0 N–H and O–H groups in total. The Balaban J connectivity index is 0.000000209. The van der Waals surface area contributed by atoms with Gasteiger partial charge in [0, 0.05) is 37.2 Å². The van der Waals surface area contributed by atoms with Gasteiger partial charge in [0.2, 0.25) is 0 Å². The Hall–Kier alpha value is -3.73. The van der Waals surface area contributed by atoms with E-state index >= 15 is 0 Å². The van der Waals surface area contributed by atoms with Crippen LogP contribution in [0.15, 0.2) is 128 Å². The fraction of sp³-hybridized carbons (Fsp3) is 0.0811. The van der Waals surface area contributed by atoms with Crippen molar-refractivity contribution in [1.29, 1.82) is 0 Å². The molecule has 0 saturated carbocycles. The van der Waals surface area contributed by atoms with Crippen molar-refractivity contribution in [3.05, 3.63) is 140 Å². The third kappa shape index (κ3) is 6.51. The van der Waals surface area contributed by atoms with E-state index in [-0.39, 0.29) is 50.1 Å². The van der Waals surface area contributed by atoms with E-state index in [4.69, 9.17) is 10.5 Å². The Labute approximate surface area is 272 Å². The molecular formula is C37H30IrN2SSi-2. The van der Waals surface area contributed by atoms with Gasteiger partial charge >= 0.3 is 0 Å². The van der Waals surface area contributed by atoms with Crippen molar-refractivity contribution in [1.82, 2.24) is 9.97 Å². The van der Waals surface area contributed by atoms with Gasteiger partial charge < -0.3 is 9.97 Å². The molecule has 0 aliphatic carbocycles. The molecule has 7 rings (SSSR count). The zero-order valence-corrected chi connectivity index (χ0v) is 27.7. The summed E-state index contributed by atoms with van der Waals surface area (Å²) in [6, 6.07) is 38.5. The molecule has 1 radical (unpaired) electrons. The number of hydrogen-bond acceptors (Lipinski definition) is 3. The van der Waals surface area contributed by atoms with Crippen LogP contribution in [0.25, 0.3) is 53.8 Å². The van der Waals surface area contributed by atoms with Crippen molar-refractivity contribution in [2.24, 2.45) is 0 Å². The second-order valence-corrected chi connectivity index (χ2v) is 16.8. The molecule has 0 spiro atoms. The van der Waals surface area contributed by atoms with Crippen LogP contribution in [0.5, 0.6) is 0 Å². The molecule has 0 saturated heterocycles. The number of thiophene rings is 1. The first kappa shape index (κ1) is 24.8. The average molecular weight is 759 g/mol. The molecule has 0 bridgehead atoms. The first-order chi connectivity index (χ1) is 21.6. The topological polar surface area (TPSA) is 25.8 Å². The van der Waals surface area contributed by atoms with E-state index in [1.807, 2.05) is 11.3 Å². The van der Waals surface area contributed by atoms with Crippen LogP contribution < -0.4 is 5.19 Å². The fourth-order valence-electron chi connectivity index (χ4n) is 4.77. The second kappa shape index (κ2) is 13.1. The zero-order chi connectivity index (χ0) is 31.7. The van der Waals surface area contributed by atoms with E-state index in [1.54, 1.807) is 24.3 Å². The van der Waals surface area contributed by atoms with Crippen molar-refractivity contribution in [2.75, 3.05) is 0 Å². The minimum Gasteiger partial charge on any atom is -0.305 e. The molecule has 42 heavy (non-hydrogen) atoms. The van der Waals surface area contributed by atoms with Crippen LogP contribution in [0.2, 0.25) is 19.6 Å². The standard InChI is InChI=1S/C26H22NSSi.C11H8N.Ir/c1-29(2,3)26-17-27-23(16-21(26)18-9-5-4-6-10-18)19-13-14-25-22(15-19)20-11-7-8-12-24(20)28-25;1-2-6-10(7-3-1)11-8-4-5-9-12-11;/h4-12,14-17H,1-3H3;1-6,8-9H;/q2*-1;/i;4D,5D,8D,9D;. The fourth-order valence-corrected chi connectivity index (χ4v) is 7.32. The van der Waals surface area contributed by atoms with E-state index in [2.05, 4.69) is 116 Å². The van der Waals surface area contributed by atoms with Gasteiger partial charge in [-0.15, -0.1) is 59.7 Å². The van der Waals surface area contributed by atoms with Crippen molar-refractivity contribution < 1.29 is 25.6 Å². The Morgan fingerprint density at radius 1 is 0.738 bits per heavy atom. The van der Waals surface area contributed by atoms with Crippen LogP contribution in [0.4, 0.5) is 0 Å². The maximum Gasteiger partial charge on any atom is 0.0830 e. The van der Waals surface area contributed by atoms with E-state index in [1.165, 1.54) is 36.5 Å². The number of rotatable bonds is 4. The summed E-state index contributed by atoms with van der Waals surface area (Å²) >= 11 is 1.83. The molecule has 2 nitrogen and oxygen atoms in total. The Morgan fingerprint density at radius 3 is 2.31 bits per heavy atom. The van der Waals surface area contributed by atoms with Crippen LogP contribution in [0.1, 0.15) is 5.48 Å². The van der Waals surface area contributed by atoms with Gasteiger partial charge in [-0.1, -0.05) is 91.7 Å². The first-order valence-electron chi connectivity index (χ1n) is 15.4. The maximum absolute atomic E-state index is 7.70. The molecule has 0 unspecified atom stereocenters. The van der Waals surface area contributed by atoms with Gasteiger partial charge in [0.1, 0.15) is 0 Å². The van der Waals surface area contributed by atoms with Gasteiger partial charge in [-0.2, -0.15) is 11.3 Å². The van der Waals surface area contributed by atoms with E-state index < -0.39 is 8.07 Å². The minimum absolute atomic E-state index is 0. The monoisotopic (exact) mass is 759 g/mol. The van der Waals surface area contributed by atoms with Crippen molar-refractivity contribution in [2.45, 2.75) is 19.6 Å². The summed E-state index contributed by atoms with van der Waals surface area (Å²) in [7, 11) is -1.52. The molecule has 3 aromatic heterocycles. The average Bonchev–Trinajstić information content (AvgIpc) is 3.44. The number of fused-ring (bicyclic) bond motifs is 3. The third-order valence-electron chi connectivity index (χ3n) is 6.81. The number of benzene rings is 4. The normalized spacial score (nSPS) is 12.4. The summed E-state index contributed by atoms with van der Waals surface area (Å²) in [5.41, 5.74) is 5.40. The Morgan fingerprint density at radius 2 is 1.52 bits per heavy atom. The van der Waals surface area contributed by atoms with Gasteiger partial charge in [0.05, 0.1) is 13.6 Å². The zero-order valence-electron chi connectivity index (χ0n) is 27.5. The van der Waals surface area contributed by atoms with Crippen molar-refractivity contribution in [3.8, 4) is 33.6 Å². The smallest absolute Gasteiger partial charge is 0.0830 e. The van der Waals surface area contributed by atoms with Gasteiger partial charge in [-0.05, 0) is 49.9 Å². The van der Waals surface area contributed by atoms with Crippen LogP contribution >= 0.6 is 11.3 Å². The van der Waals surface area contributed by atoms with Gasteiger partial charge in [-0.25, -0.2) is 0 Å². The van der Waals surface area contributed by atoms with E-state index in [9.17, 15) is 0 Å². The summed E-state index contributed by atoms with van der Waals surface area (Å²) in [4.78, 5) is 8.72. The Kier molecular flexibility index (Phi) is 7.72. The summed E-state index contributed by atoms with van der Waals surface area (Å²) in [6.45, 7) is 7.14. The first-order valence-corrected chi connectivity index (χ1v) is 17.7. The molecule has 3 heterocycles. The SMILES string of the molecule is C[Si](C)(C)c1cnc(-c2[c-]cc3sc4ccccc4c3c2)cc1-c1ccccc1.[2H]c1nc(-c2[c-]cccc2)c([2H])c([2H])c1[2H].[Ir]. The number of nitrogens with zero attached hydrogens (tertiary/aromatic N) is 2. The summed E-state index contributed by atoms with van der Waals surface area (Å²) in [5.74, 6) is 0. The van der Waals surface area contributed by atoms with Crippen molar-refractivity contribution >= 4 is 44.8 Å². The largest absolute Gasteiger partial charge is 0.305 e.